The first-order valence-electron chi connectivity index (χ1n) is 5.72. The fourth-order valence-corrected chi connectivity index (χ4v) is 2.76. The van der Waals surface area contributed by atoms with Crippen molar-refractivity contribution in [2.24, 2.45) is 0 Å². The first-order chi connectivity index (χ1) is 8.18. The van der Waals surface area contributed by atoms with Gasteiger partial charge in [0.15, 0.2) is 0 Å². The molecule has 1 heterocycles. The number of hydrogen-bond acceptors (Lipinski definition) is 3. The highest BCUT2D eigenvalue weighted by Crippen LogP contribution is 2.29. The molecule has 1 aliphatic heterocycles. The van der Waals surface area contributed by atoms with E-state index in [2.05, 4.69) is 5.32 Å². The molecule has 3 nitrogen and oxygen atoms in total. The third-order valence-corrected chi connectivity index (χ3v) is 3.71. The van der Waals surface area contributed by atoms with Gasteiger partial charge in [0.1, 0.15) is 5.82 Å². The van der Waals surface area contributed by atoms with E-state index in [-0.39, 0.29) is 23.1 Å². The summed E-state index contributed by atoms with van der Waals surface area (Å²) in [5.74, 6) is -0.384. The molecule has 1 aliphatic rings. The van der Waals surface area contributed by atoms with Crippen LogP contribution in [0.3, 0.4) is 0 Å². The average Bonchev–Trinajstić information content (AvgIpc) is 2.32. The largest absolute Gasteiger partial charge is 0.772 e. The summed E-state index contributed by atoms with van der Waals surface area (Å²) in [5.41, 5.74) is 0.934. The van der Waals surface area contributed by atoms with E-state index >= 15 is 0 Å². The lowest BCUT2D eigenvalue weighted by atomic mass is 9.89. The Morgan fingerprint density at radius 1 is 1.41 bits per heavy atom. The van der Waals surface area contributed by atoms with Crippen LogP contribution in [0, 0.1) is 5.82 Å². The number of nitrogens with one attached hydrogen (secondary N) is 1. The molecule has 0 radical (unpaired) electrons. The van der Waals surface area contributed by atoms with Crippen LogP contribution >= 0.6 is 0 Å². The number of piperidine rings is 1. The van der Waals surface area contributed by atoms with E-state index in [1.165, 1.54) is 6.07 Å². The van der Waals surface area contributed by atoms with Crippen LogP contribution in [0.1, 0.15) is 29.9 Å². The quantitative estimate of drug-likeness (QED) is 0.837. The van der Waals surface area contributed by atoms with Crippen molar-refractivity contribution >= 4 is 11.1 Å². The summed E-state index contributed by atoms with van der Waals surface area (Å²) in [7, 11) is 0. The van der Waals surface area contributed by atoms with E-state index in [4.69, 9.17) is 0 Å². The van der Waals surface area contributed by atoms with Crippen LogP contribution in [0.15, 0.2) is 18.2 Å². The van der Waals surface area contributed by atoms with Gasteiger partial charge >= 0.3 is 0 Å². The first kappa shape index (κ1) is 12.7. The van der Waals surface area contributed by atoms with E-state index in [9.17, 15) is 13.2 Å². The van der Waals surface area contributed by atoms with Gasteiger partial charge in [-0.2, -0.15) is 0 Å². The van der Waals surface area contributed by atoms with Crippen LogP contribution in [0.25, 0.3) is 0 Å². The minimum absolute atomic E-state index is 0.205. The summed E-state index contributed by atoms with van der Waals surface area (Å²) in [4.78, 5) is 0. The lowest BCUT2D eigenvalue weighted by Crippen LogP contribution is -2.27. The highest BCUT2D eigenvalue weighted by Gasteiger charge is 2.19. The Kier molecular flexibility index (Phi) is 4.25. The molecule has 1 aromatic rings. The Bertz CT molecular complexity index is 419. The van der Waals surface area contributed by atoms with Gasteiger partial charge in [-0.25, -0.2) is 4.39 Å². The molecule has 0 spiro atoms. The fourth-order valence-electron chi connectivity index (χ4n) is 2.29. The fraction of sp³-hybridized carbons (Fsp3) is 0.500. The maximum Gasteiger partial charge on any atom is 0.130 e. The number of hydrogen-bond donors (Lipinski definition) is 1. The zero-order chi connectivity index (χ0) is 12.3. The minimum Gasteiger partial charge on any atom is -0.772 e. The van der Waals surface area contributed by atoms with Crippen molar-refractivity contribution in [3.63, 3.8) is 0 Å². The van der Waals surface area contributed by atoms with Gasteiger partial charge in [0, 0.05) is 5.75 Å². The van der Waals surface area contributed by atoms with E-state index in [1.54, 1.807) is 12.1 Å². The topological polar surface area (TPSA) is 52.2 Å². The van der Waals surface area contributed by atoms with E-state index < -0.39 is 11.1 Å². The number of halogens is 1. The van der Waals surface area contributed by atoms with Gasteiger partial charge in [0.2, 0.25) is 0 Å². The molecule has 0 aromatic heterocycles. The zero-order valence-electron chi connectivity index (χ0n) is 9.45. The molecule has 17 heavy (non-hydrogen) atoms. The van der Waals surface area contributed by atoms with Crippen LogP contribution in [0.2, 0.25) is 0 Å². The van der Waals surface area contributed by atoms with Crippen molar-refractivity contribution in [2.45, 2.75) is 24.5 Å². The van der Waals surface area contributed by atoms with Crippen LogP contribution in [0.4, 0.5) is 4.39 Å². The second-order valence-corrected chi connectivity index (χ2v) is 5.19. The maximum absolute atomic E-state index is 14.1. The summed E-state index contributed by atoms with van der Waals surface area (Å²) >= 11 is -2.24. The van der Waals surface area contributed by atoms with Crippen LogP contribution < -0.4 is 5.32 Å². The highest BCUT2D eigenvalue weighted by molar-refractivity contribution is 7.78. The van der Waals surface area contributed by atoms with Gasteiger partial charge in [-0.15, -0.1) is 0 Å². The summed E-state index contributed by atoms with van der Waals surface area (Å²) < 4.78 is 35.4. The minimum atomic E-state index is -2.24. The summed E-state index contributed by atoms with van der Waals surface area (Å²) in [5, 5.41) is 3.23. The Hall–Kier alpha value is -0.780. The maximum atomic E-state index is 14.1. The van der Waals surface area contributed by atoms with Crippen molar-refractivity contribution in [2.75, 3.05) is 13.1 Å². The second-order valence-electron chi connectivity index (χ2n) is 4.29. The van der Waals surface area contributed by atoms with Gasteiger partial charge in [-0.3, -0.25) is 4.21 Å². The normalized spacial score (nSPS) is 19.2. The predicted octanol–water partition coefficient (Wildman–Crippen LogP) is 1.67. The molecule has 1 saturated heterocycles. The van der Waals surface area contributed by atoms with E-state index in [0.717, 1.165) is 25.9 Å². The number of benzene rings is 1. The SMILES string of the molecule is O=S([O-])Cc1cccc(C2CCNCC2)c1F. The summed E-state index contributed by atoms with van der Waals surface area (Å²) in [6, 6.07) is 5.04. The molecular formula is C12H15FNO2S-. The Labute approximate surface area is 103 Å². The van der Waals surface area contributed by atoms with Crippen molar-refractivity contribution in [3.05, 3.63) is 35.1 Å². The van der Waals surface area contributed by atoms with Crippen LogP contribution in [-0.2, 0) is 16.8 Å². The zero-order valence-corrected chi connectivity index (χ0v) is 10.3. The third kappa shape index (κ3) is 3.12. The van der Waals surface area contributed by atoms with Crippen molar-refractivity contribution < 1.29 is 13.2 Å². The molecule has 94 valence electrons. The molecular weight excluding hydrogens is 241 g/mol. The van der Waals surface area contributed by atoms with Gasteiger partial charge in [0.25, 0.3) is 0 Å². The molecule has 0 bridgehead atoms. The van der Waals surface area contributed by atoms with Gasteiger partial charge < -0.3 is 9.87 Å². The molecule has 2 rings (SSSR count). The summed E-state index contributed by atoms with van der Waals surface area (Å²) in [6.45, 7) is 1.78. The van der Waals surface area contributed by atoms with Gasteiger partial charge in [-0.1, -0.05) is 29.3 Å². The highest BCUT2D eigenvalue weighted by atomic mass is 32.2. The second kappa shape index (κ2) is 5.71. The number of rotatable bonds is 3. The molecule has 0 amide bonds. The molecule has 1 N–H and O–H groups in total. The molecule has 1 fully saturated rings. The first-order valence-corrected chi connectivity index (χ1v) is 6.96. The van der Waals surface area contributed by atoms with Crippen molar-refractivity contribution in [1.82, 2.24) is 5.32 Å². The average molecular weight is 256 g/mol. The summed E-state index contributed by atoms with van der Waals surface area (Å²) in [6.07, 6.45) is 1.81. The van der Waals surface area contributed by atoms with Crippen molar-refractivity contribution in [3.8, 4) is 0 Å². The van der Waals surface area contributed by atoms with Crippen LogP contribution in [0.5, 0.6) is 0 Å². The Morgan fingerprint density at radius 3 is 2.76 bits per heavy atom. The van der Waals surface area contributed by atoms with E-state index in [0.29, 0.717) is 5.56 Å². The van der Waals surface area contributed by atoms with E-state index in [1.807, 2.05) is 0 Å². The molecule has 0 saturated carbocycles. The molecule has 1 aromatic carbocycles. The third-order valence-electron chi connectivity index (χ3n) is 3.16. The van der Waals surface area contributed by atoms with Gasteiger partial charge in [0.05, 0.1) is 0 Å². The van der Waals surface area contributed by atoms with Gasteiger partial charge in [-0.05, 0) is 43.0 Å². The monoisotopic (exact) mass is 256 g/mol. The lowest BCUT2D eigenvalue weighted by Gasteiger charge is -2.24. The standard InChI is InChI=1S/C12H16FNO2S/c13-12-10(8-17(15)16)2-1-3-11(12)9-4-6-14-7-5-9/h1-3,9,14H,4-8H2,(H,15,16)/p-1. The molecule has 1 atom stereocenters. The van der Waals surface area contributed by atoms with Crippen molar-refractivity contribution in [1.29, 1.82) is 0 Å². The Morgan fingerprint density at radius 2 is 2.12 bits per heavy atom. The van der Waals surface area contributed by atoms with Crippen LogP contribution in [-0.4, -0.2) is 21.9 Å². The molecule has 5 heteroatoms. The Balaban J connectivity index is 2.24. The predicted molar refractivity (Wildman–Crippen MR) is 63.9 cm³/mol. The molecule has 1 unspecified atom stereocenters. The smallest absolute Gasteiger partial charge is 0.130 e. The lowest BCUT2D eigenvalue weighted by molar-refractivity contribution is 0.443. The molecule has 0 aliphatic carbocycles.